The fraction of sp³-hybridized carbons (Fsp3) is 0.769. The second kappa shape index (κ2) is 5.30. The zero-order chi connectivity index (χ0) is 15.7. The first-order valence-corrected chi connectivity index (χ1v) is 6.49. The van der Waals surface area contributed by atoms with Gasteiger partial charge in [0.25, 0.3) is 0 Å². The van der Waals surface area contributed by atoms with Gasteiger partial charge in [0, 0.05) is 6.54 Å². The first-order valence-electron chi connectivity index (χ1n) is 6.49. The van der Waals surface area contributed by atoms with Gasteiger partial charge in [-0.05, 0) is 16.7 Å². The van der Waals surface area contributed by atoms with Gasteiger partial charge in [0.15, 0.2) is 0 Å². The Morgan fingerprint density at radius 1 is 1.10 bits per heavy atom. The van der Waals surface area contributed by atoms with Gasteiger partial charge in [0.2, 0.25) is 0 Å². The molecule has 1 unspecified atom stereocenters. The van der Waals surface area contributed by atoms with E-state index in [0.29, 0.717) is 12.5 Å². The van der Waals surface area contributed by atoms with Gasteiger partial charge in [-0.25, -0.2) is 9.59 Å². The molecule has 0 saturated heterocycles. The maximum Gasteiger partial charge on any atom is 0.326 e. The van der Waals surface area contributed by atoms with Crippen molar-refractivity contribution >= 4 is 18.0 Å². The SMILES string of the molecule is CC1(C)C(CNC(=O)NC(CC(=O)O)C(=O)O)C1(C)C. The summed E-state index contributed by atoms with van der Waals surface area (Å²) in [5, 5.41) is 22.2. The largest absolute Gasteiger partial charge is 0.481 e. The van der Waals surface area contributed by atoms with Crippen LogP contribution in [-0.2, 0) is 9.59 Å². The Bertz CT molecular complexity index is 416. The van der Waals surface area contributed by atoms with Crippen LogP contribution in [0.15, 0.2) is 0 Å². The first kappa shape index (κ1) is 16.3. The van der Waals surface area contributed by atoms with E-state index < -0.39 is 30.4 Å². The Kier molecular flexibility index (Phi) is 4.31. The van der Waals surface area contributed by atoms with Gasteiger partial charge < -0.3 is 20.8 Å². The number of carboxylic acid groups (broad SMARTS) is 2. The van der Waals surface area contributed by atoms with Crippen molar-refractivity contribution in [2.24, 2.45) is 16.7 Å². The van der Waals surface area contributed by atoms with Crippen molar-refractivity contribution < 1.29 is 24.6 Å². The summed E-state index contributed by atoms with van der Waals surface area (Å²) in [5.74, 6) is -2.33. The molecule has 0 aliphatic heterocycles. The summed E-state index contributed by atoms with van der Waals surface area (Å²) in [6.45, 7) is 8.89. The van der Waals surface area contributed by atoms with Crippen LogP contribution < -0.4 is 10.6 Å². The number of carboxylic acids is 2. The molecule has 1 atom stereocenters. The molecule has 4 N–H and O–H groups in total. The number of carbonyl (C=O) groups excluding carboxylic acids is 1. The lowest BCUT2D eigenvalue weighted by atomic mass is 10.0. The summed E-state index contributed by atoms with van der Waals surface area (Å²) in [6, 6.07) is -2.08. The maximum absolute atomic E-state index is 11.6. The fourth-order valence-electron chi connectivity index (χ4n) is 2.62. The van der Waals surface area contributed by atoms with E-state index in [0.717, 1.165) is 0 Å². The third-order valence-electron chi connectivity index (χ3n) is 4.77. The Morgan fingerprint density at radius 3 is 1.95 bits per heavy atom. The van der Waals surface area contributed by atoms with Crippen LogP contribution in [-0.4, -0.2) is 40.8 Å². The highest BCUT2D eigenvalue weighted by atomic mass is 16.4. The zero-order valence-corrected chi connectivity index (χ0v) is 12.2. The molecule has 0 aromatic heterocycles. The summed E-state index contributed by atoms with van der Waals surface area (Å²) >= 11 is 0. The van der Waals surface area contributed by atoms with Crippen molar-refractivity contribution in [2.45, 2.75) is 40.2 Å². The van der Waals surface area contributed by atoms with Crippen LogP contribution in [0.3, 0.4) is 0 Å². The lowest BCUT2D eigenvalue weighted by Gasteiger charge is -2.13. The Balaban J connectivity index is 2.44. The van der Waals surface area contributed by atoms with Gasteiger partial charge in [-0.15, -0.1) is 0 Å². The molecule has 0 heterocycles. The van der Waals surface area contributed by atoms with E-state index in [1.54, 1.807) is 0 Å². The number of carbonyl (C=O) groups is 3. The van der Waals surface area contributed by atoms with Crippen molar-refractivity contribution in [3.63, 3.8) is 0 Å². The van der Waals surface area contributed by atoms with E-state index in [1.807, 2.05) is 0 Å². The fourth-order valence-corrected chi connectivity index (χ4v) is 2.62. The highest BCUT2D eigenvalue weighted by Crippen LogP contribution is 2.67. The van der Waals surface area contributed by atoms with E-state index in [-0.39, 0.29) is 10.8 Å². The molecule has 7 nitrogen and oxygen atoms in total. The zero-order valence-electron chi connectivity index (χ0n) is 12.2. The summed E-state index contributed by atoms with van der Waals surface area (Å²) in [7, 11) is 0. The predicted molar refractivity (Wildman–Crippen MR) is 71.3 cm³/mol. The van der Waals surface area contributed by atoms with Crippen molar-refractivity contribution in [2.75, 3.05) is 6.54 Å². The molecule has 0 aromatic carbocycles. The molecule has 1 aliphatic carbocycles. The number of rotatable bonds is 6. The molecule has 20 heavy (non-hydrogen) atoms. The van der Waals surface area contributed by atoms with Crippen LogP contribution in [0.25, 0.3) is 0 Å². The van der Waals surface area contributed by atoms with Crippen LogP contribution in [0.1, 0.15) is 34.1 Å². The molecule has 0 aromatic rings. The molecule has 2 amide bonds. The highest BCUT2D eigenvalue weighted by molar-refractivity contribution is 5.86. The second-order valence-corrected chi connectivity index (χ2v) is 6.34. The monoisotopic (exact) mass is 286 g/mol. The highest BCUT2D eigenvalue weighted by Gasteiger charge is 2.64. The van der Waals surface area contributed by atoms with Crippen molar-refractivity contribution in [1.82, 2.24) is 10.6 Å². The standard InChI is InChI=1S/C13H22N2O5/c1-12(2)8(13(12,3)4)6-14-11(20)15-7(10(18)19)5-9(16)17/h7-8H,5-6H2,1-4H3,(H,16,17)(H,18,19)(H2,14,15,20). The van der Waals surface area contributed by atoms with Gasteiger partial charge in [0.05, 0.1) is 6.42 Å². The van der Waals surface area contributed by atoms with E-state index in [4.69, 9.17) is 10.2 Å². The molecule has 1 saturated carbocycles. The normalized spacial score (nSPS) is 20.8. The van der Waals surface area contributed by atoms with Gasteiger partial charge in [-0.2, -0.15) is 0 Å². The second-order valence-electron chi connectivity index (χ2n) is 6.34. The number of hydrogen-bond acceptors (Lipinski definition) is 3. The van der Waals surface area contributed by atoms with Crippen LogP contribution in [0.5, 0.6) is 0 Å². The predicted octanol–water partition coefficient (Wildman–Crippen LogP) is 0.896. The number of aliphatic carboxylic acids is 2. The number of hydrogen-bond donors (Lipinski definition) is 4. The lowest BCUT2D eigenvalue weighted by Crippen LogP contribution is -2.47. The first-order chi connectivity index (χ1) is 9.00. The molecule has 114 valence electrons. The van der Waals surface area contributed by atoms with Gasteiger partial charge in [0.1, 0.15) is 6.04 Å². The Hall–Kier alpha value is -1.79. The van der Waals surface area contributed by atoms with Crippen molar-refractivity contribution in [3.8, 4) is 0 Å². The summed E-state index contributed by atoms with van der Waals surface area (Å²) in [6.07, 6.45) is -0.650. The molecule has 0 bridgehead atoms. The molecule has 1 rings (SSSR count). The van der Waals surface area contributed by atoms with Crippen molar-refractivity contribution in [3.05, 3.63) is 0 Å². The van der Waals surface area contributed by atoms with Gasteiger partial charge >= 0.3 is 18.0 Å². The summed E-state index contributed by atoms with van der Waals surface area (Å²) in [5.41, 5.74) is 0.237. The quantitative estimate of drug-likeness (QED) is 0.579. The summed E-state index contributed by atoms with van der Waals surface area (Å²) in [4.78, 5) is 32.9. The molecule has 0 radical (unpaired) electrons. The molecular formula is C13H22N2O5. The third kappa shape index (κ3) is 3.20. The van der Waals surface area contributed by atoms with E-state index in [9.17, 15) is 14.4 Å². The van der Waals surface area contributed by atoms with E-state index in [2.05, 4.69) is 38.3 Å². The lowest BCUT2D eigenvalue weighted by molar-refractivity contribution is -0.145. The molecule has 0 spiro atoms. The molecule has 1 aliphatic rings. The minimum absolute atomic E-state index is 0.119. The maximum atomic E-state index is 11.6. The smallest absolute Gasteiger partial charge is 0.326 e. The number of urea groups is 1. The van der Waals surface area contributed by atoms with Crippen LogP contribution in [0.4, 0.5) is 4.79 Å². The number of nitrogens with one attached hydrogen (secondary N) is 2. The average Bonchev–Trinajstić information content (AvgIpc) is 2.65. The van der Waals surface area contributed by atoms with E-state index in [1.165, 1.54) is 0 Å². The van der Waals surface area contributed by atoms with Gasteiger partial charge in [-0.1, -0.05) is 27.7 Å². The molecular weight excluding hydrogens is 264 g/mol. The molecule has 7 heteroatoms. The Labute approximate surface area is 117 Å². The van der Waals surface area contributed by atoms with Crippen LogP contribution >= 0.6 is 0 Å². The minimum atomic E-state index is -1.42. The van der Waals surface area contributed by atoms with E-state index >= 15 is 0 Å². The van der Waals surface area contributed by atoms with Crippen molar-refractivity contribution in [1.29, 1.82) is 0 Å². The van der Waals surface area contributed by atoms with Crippen LogP contribution in [0.2, 0.25) is 0 Å². The molecule has 1 fully saturated rings. The Morgan fingerprint density at radius 2 is 1.60 bits per heavy atom. The third-order valence-corrected chi connectivity index (χ3v) is 4.77. The average molecular weight is 286 g/mol. The topological polar surface area (TPSA) is 116 Å². The van der Waals surface area contributed by atoms with Crippen LogP contribution in [0, 0.1) is 16.7 Å². The number of amides is 2. The minimum Gasteiger partial charge on any atom is -0.481 e. The summed E-state index contributed by atoms with van der Waals surface area (Å²) < 4.78 is 0. The van der Waals surface area contributed by atoms with Gasteiger partial charge in [-0.3, -0.25) is 4.79 Å².